The molecule has 1 amide bonds. The summed E-state index contributed by atoms with van der Waals surface area (Å²) in [6.07, 6.45) is 0. The van der Waals surface area contributed by atoms with E-state index >= 15 is 0 Å². The van der Waals surface area contributed by atoms with Gasteiger partial charge in [0.2, 0.25) is 5.91 Å². The summed E-state index contributed by atoms with van der Waals surface area (Å²) < 4.78 is 6.21. The van der Waals surface area contributed by atoms with E-state index in [0.717, 1.165) is 21.7 Å². The summed E-state index contributed by atoms with van der Waals surface area (Å²) in [4.78, 5) is 36.4. The number of nitrogens with one attached hydrogen (secondary N) is 1. The molecule has 0 unspecified atom stereocenters. The Balaban J connectivity index is 1.94. The van der Waals surface area contributed by atoms with Crippen LogP contribution in [0.15, 0.2) is 39.2 Å². The normalized spacial score (nSPS) is 10.9. The molecule has 0 spiro atoms. The van der Waals surface area contributed by atoms with Gasteiger partial charge in [0.1, 0.15) is 6.54 Å². The summed E-state index contributed by atoms with van der Waals surface area (Å²) in [5.41, 5.74) is 1.31. The van der Waals surface area contributed by atoms with Gasteiger partial charge in [-0.3, -0.25) is 18.7 Å². The average molecular weight is 330 g/mol. The minimum Gasteiger partial charge on any atom is -0.325 e. The largest absolute Gasteiger partial charge is 0.331 e. The number of fused-ring (bicyclic) bond motifs is 1. The average Bonchev–Trinajstić information content (AvgIpc) is 3.01. The third-order valence-corrected chi connectivity index (χ3v) is 4.12. The number of rotatable bonds is 3. The third-order valence-electron chi connectivity index (χ3n) is 3.50. The monoisotopic (exact) mass is 330 g/mol. The van der Waals surface area contributed by atoms with Gasteiger partial charge in [-0.15, -0.1) is 0 Å². The van der Waals surface area contributed by atoms with E-state index in [1.807, 2.05) is 19.1 Å². The van der Waals surface area contributed by atoms with Crippen LogP contribution < -0.4 is 16.6 Å². The molecule has 0 saturated heterocycles. The Kier molecular flexibility index (Phi) is 3.83. The SMILES string of the molecule is Cc1ccc(NC(=O)Cn2c(=O)n(C)c(=O)c3nscc32)cc1. The van der Waals surface area contributed by atoms with Crippen molar-refractivity contribution in [3.05, 3.63) is 56.0 Å². The molecule has 1 aromatic carbocycles. The molecule has 0 atom stereocenters. The van der Waals surface area contributed by atoms with Crippen molar-refractivity contribution in [3.63, 3.8) is 0 Å². The molecule has 2 aromatic heterocycles. The van der Waals surface area contributed by atoms with Crippen molar-refractivity contribution >= 4 is 34.2 Å². The third kappa shape index (κ3) is 2.80. The summed E-state index contributed by atoms with van der Waals surface area (Å²) in [5, 5.41) is 4.33. The molecule has 118 valence electrons. The molecular formula is C15H14N4O3S. The molecule has 0 fully saturated rings. The summed E-state index contributed by atoms with van der Waals surface area (Å²) in [5.74, 6) is -0.345. The molecule has 0 aliphatic heterocycles. The number of anilines is 1. The zero-order valence-electron chi connectivity index (χ0n) is 12.6. The maximum Gasteiger partial charge on any atom is 0.331 e. The molecule has 23 heavy (non-hydrogen) atoms. The Labute approximate surface area is 135 Å². The van der Waals surface area contributed by atoms with Crippen LogP contribution in [-0.4, -0.2) is 19.4 Å². The maximum atomic E-state index is 12.3. The molecule has 0 bridgehead atoms. The van der Waals surface area contributed by atoms with Gasteiger partial charge in [0.15, 0.2) is 5.52 Å². The van der Waals surface area contributed by atoms with Crippen LogP contribution in [0.5, 0.6) is 0 Å². The molecule has 2 heterocycles. The first-order chi connectivity index (χ1) is 11.0. The molecule has 0 radical (unpaired) electrons. The Morgan fingerprint density at radius 2 is 1.96 bits per heavy atom. The van der Waals surface area contributed by atoms with Crippen LogP contribution in [-0.2, 0) is 18.4 Å². The Hall–Kier alpha value is -2.74. The van der Waals surface area contributed by atoms with Crippen molar-refractivity contribution in [2.75, 3.05) is 5.32 Å². The van der Waals surface area contributed by atoms with Crippen LogP contribution in [0.3, 0.4) is 0 Å². The van der Waals surface area contributed by atoms with E-state index in [1.54, 1.807) is 17.5 Å². The van der Waals surface area contributed by atoms with Crippen molar-refractivity contribution in [1.29, 1.82) is 0 Å². The van der Waals surface area contributed by atoms with Crippen molar-refractivity contribution in [2.45, 2.75) is 13.5 Å². The van der Waals surface area contributed by atoms with Crippen LogP contribution >= 0.6 is 11.5 Å². The van der Waals surface area contributed by atoms with Gasteiger partial charge in [-0.1, -0.05) is 17.7 Å². The lowest BCUT2D eigenvalue weighted by atomic mass is 10.2. The van der Waals surface area contributed by atoms with E-state index in [2.05, 4.69) is 9.69 Å². The van der Waals surface area contributed by atoms with E-state index in [1.165, 1.54) is 11.6 Å². The Morgan fingerprint density at radius 3 is 2.65 bits per heavy atom. The lowest BCUT2D eigenvalue weighted by Gasteiger charge is -2.10. The van der Waals surface area contributed by atoms with Crippen molar-refractivity contribution in [1.82, 2.24) is 13.5 Å². The van der Waals surface area contributed by atoms with Crippen LogP contribution in [0.25, 0.3) is 11.0 Å². The fourth-order valence-electron chi connectivity index (χ4n) is 2.24. The lowest BCUT2D eigenvalue weighted by Crippen LogP contribution is -2.40. The highest BCUT2D eigenvalue weighted by Crippen LogP contribution is 2.11. The fourth-order valence-corrected chi connectivity index (χ4v) is 2.90. The van der Waals surface area contributed by atoms with Gasteiger partial charge >= 0.3 is 5.69 Å². The highest BCUT2D eigenvalue weighted by Gasteiger charge is 2.15. The van der Waals surface area contributed by atoms with Crippen LogP contribution in [0.4, 0.5) is 5.69 Å². The van der Waals surface area contributed by atoms with Crippen molar-refractivity contribution in [2.24, 2.45) is 7.05 Å². The standard InChI is InChI=1S/C15H14N4O3S/c1-9-3-5-10(6-4-9)16-12(20)7-19-11-8-23-17-13(11)14(21)18(2)15(19)22/h3-6,8H,7H2,1-2H3,(H,16,20). The van der Waals surface area contributed by atoms with E-state index < -0.39 is 11.2 Å². The van der Waals surface area contributed by atoms with Crippen LogP contribution in [0, 0.1) is 6.92 Å². The summed E-state index contributed by atoms with van der Waals surface area (Å²) in [6.45, 7) is 1.77. The number of hydrogen-bond acceptors (Lipinski definition) is 5. The van der Waals surface area contributed by atoms with Crippen molar-refractivity contribution < 1.29 is 4.79 Å². The zero-order valence-corrected chi connectivity index (χ0v) is 13.4. The molecule has 0 aliphatic carbocycles. The number of aryl methyl sites for hydroxylation is 1. The van der Waals surface area contributed by atoms with Gasteiger partial charge in [-0.25, -0.2) is 4.79 Å². The minimum absolute atomic E-state index is 0.185. The second kappa shape index (κ2) is 5.81. The number of nitrogens with zero attached hydrogens (tertiary/aromatic N) is 3. The Morgan fingerprint density at radius 1 is 1.26 bits per heavy atom. The van der Waals surface area contributed by atoms with Gasteiger partial charge in [-0.05, 0) is 30.6 Å². The fraction of sp³-hybridized carbons (Fsp3) is 0.200. The number of carbonyl (C=O) groups excluding carboxylic acids is 1. The topological polar surface area (TPSA) is 86.0 Å². The molecule has 7 nitrogen and oxygen atoms in total. The number of amides is 1. The van der Waals surface area contributed by atoms with Gasteiger partial charge in [0.25, 0.3) is 5.56 Å². The van der Waals surface area contributed by atoms with E-state index in [9.17, 15) is 14.4 Å². The van der Waals surface area contributed by atoms with Gasteiger partial charge < -0.3 is 5.32 Å². The quantitative estimate of drug-likeness (QED) is 0.779. The van der Waals surface area contributed by atoms with E-state index in [4.69, 9.17) is 0 Å². The smallest absolute Gasteiger partial charge is 0.325 e. The first-order valence-corrected chi connectivity index (χ1v) is 7.71. The zero-order chi connectivity index (χ0) is 16.6. The number of hydrogen-bond donors (Lipinski definition) is 1. The molecule has 3 aromatic rings. The van der Waals surface area contributed by atoms with E-state index in [-0.39, 0.29) is 18.0 Å². The van der Waals surface area contributed by atoms with Crippen LogP contribution in [0.1, 0.15) is 5.56 Å². The Bertz CT molecular complexity index is 998. The molecular weight excluding hydrogens is 316 g/mol. The highest BCUT2D eigenvalue weighted by atomic mass is 32.1. The second-order valence-electron chi connectivity index (χ2n) is 5.20. The predicted octanol–water partition coefficient (Wildman–Crippen LogP) is 1.10. The second-order valence-corrected chi connectivity index (χ2v) is 5.82. The van der Waals surface area contributed by atoms with Crippen molar-refractivity contribution in [3.8, 4) is 0 Å². The van der Waals surface area contributed by atoms with Gasteiger partial charge in [0, 0.05) is 18.1 Å². The first-order valence-electron chi connectivity index (χ1n) is 6.88. The highest BCUT2D eigenvalue weighted by molar-refractivity contribution is 7.04. The molecule has 0 saturated carbocycles. The minimum atomic E-state index is -0.540. The van der Waals surface area contributed by atoms with Gasteiger partial charge in [-0.2, -0.15) is 4.37 Å². The number of carbonyl (C=O) groups is 1. The molecule has 1 N–H and O–H groups in total. The number of benzene rings is 1. The first kappa shape index (κ1) is 15.2. The summed E-state index contributed by atoms with van der Waals surface area (Å²) in [6, 6.07) is 7.35. The van der Waals surface area contributed by atoms with Gasteiger partial charge in [0.05, 0.1) is 5.52 Å². The molecule has 8 heteroatoms. The summed E-state index contributed by atoms with van der Waals surface area (Å²) >= 11 is 1.08. The van der Waals surface area contributed by atoms with Crippen LogP contribution in [0.2, 0.25) is 0 Å². The predicted molar refractivity (Wildman–Crippen MR) is 88.9 cm³/mol. The molecule has 3 rings (SSSR count). The molecule has 0 aliphatic rings. The number of aromatic nitrogens is 3. The lowest BCUT2D eigenvalue weighted by molar-refractivity contribution is -0.116. The van der Waals surface area contributed by atoms with E-state index in [0.29, 0.717) is 11.2 Å². The maximum absolute atomic E-state index is 12.3. The summed E-state index contributed by atoms with van der Waals surface area (Å²) in [7, 11) is 1.37.